The van der Waals surface area contributed by atoms with Crippen LogP contribution < -0.4 is 0 Å². The molecule has 2 aromatic carbocycles. The van der Waals surface area contributed by atoms with Gasteiger partial charge in [-0.25, -0.2) is 8.78 Å². The number of rotatable bonds is 4. The van der Waals surface area contributed by atoms with E-state index in [1.807, 2.05) is 11.1 Å². The van der Waals surface area contributed by atoms with E-state index in [0.717, 1.165) is 41.6 Å². The molecule has 1 unspecified atom stereocenters. The maximum absolute atomic E-state index is 15.0. The number of H-pyrrole nitrogens is 1. The van der Waals surface area contributed by atoms with Gasteiger partial charge in [0.05, 0.1) is 17.8 Å². The molecule has 3 aromatic rings. The van der Waals surface area contributed by atoms with E-state index in [9.17, 15) is 9.18 Å². The second kappa shape index (κ2) is 10.7. The van der Waals surface area contributed by atoms with Crippen LogP contribution in [0.2, 0.25) is 5.02 Å². The third-order valence-electron chi connectivity index (χ3n) is 10.8. The summed E-state index contributed by atoms with van der Waals surface area (Å²) >= 11 is 6.72. The maximum Gasteiger partial charge on any atom is 0.227 e. The van der Waals surface area contributed by atoms with Gasteiger partial charge in [0.25, 0.3) is 0 Å². The number of fused-ring (bicyclic) bond motifs is 2. The zero-order chi connectivity index (χ0) is 30.9. The summed E-state index contributed by atoms with van der Waals surface area (Å²) in [7, 11) is 0. The maximum atomic E-state index is 15.0. The Morgan fingerprint density at radius 2 is 1.77 bits per heavy atom. The van der Waals surface area contributed by atoms with E-state index in [0.29, 0.717) is 31.7 Å². The molecule has 3 heterocycles. The van der Waals surface area contributed by atoms with Crippen molar-refractivity contribution in [2.45, 2.75) is 89.0 Å². The van der Waals surface area contributed by atoms with Crippen molar-refractivity contribution in [3.05, 3.63) is 81.1 Å². The highest BCUT2D eigenvalue weighted by molar-refractivity contribution is 6.31. The molecule has 1 amide bonds. The predicted molar refractivity (Wildman–Crippen MR) is 164 cm³/mol. The molecule has 3 aliphatic rings. The molecule has 6 nitrogen and oxygen atoms in total. The highest BCUT2D eigenvalue weighted by Gasteiger charge is 2.52. The molecule has 3 atom stereocenters. The van der Waals surface area contributed by atoms with Gasteiger partial charge in [-0.2, -0.15) is 15.4 Å². The average Bonchev–Trinajstić information content (AvgIpc) is 3.69. The van der Waals surface area contributed by atoms with Crippen molar-refractivity contribution in [2.75, 3.05) is 26.2 Å². The van der Waals surface area contributed by atoms with Gasteiger partial charge in [-0.15, -0.1) is 0 Å². The molecule has 9 heteroatoms. The Labute approximate surface area is 258 Å². The Balaban J connectivity index is 1.27. The third-order valence-corrected chi connectivity index (χ3v) is 11.2. The van der Waals surface area contributed by atoms with E-state index in [2.05, 4.69) is 74.0 Å². The smallest absolute Gasteiger partial charge is 0.227 e. The molecular weight excluding hydrogens is 568 g/mol. The van der Waals surface area contributed by atoms with Gasteiger partial charge in [0.1, 0.15) is 11.6 Å². The lowest BCUT2D eigenvalue weighted by molar-refractivity contribution is -0.137. The van der Waals surface area contributed by atoms with Crippen molar-refractivity contribution in [2.24, 2.45) is 5.92 Å². The van der Waals surface area contributed by atoms with E-state index in [-0.39, 0.29) is 40.0 Å². The number of likely N-dealkylation sites (tertiary alicyclic amines) is 2. The van der Waals surface area contributed by atoms with Gasteiger partial charge in [0.15, 0.2) is 0 Å². The summed E-state index contributed by atoms with van der Waals surface area (Å²) in [5.41, 5.74) is 4.52. The molecule has 2 aliphatic heterocycles. The number of aromatic nitrogens is 3. The summed E-state index contributed by atoms with van der Waals surface area (Å²) in [4.78, 5) is 18.5. The number of carbonyl (C=O) groups excluding carboxylic acids is 1. The van der Waals surface area contributed by atoms with Gasteiger partial charge in [-0.05, 0) is 92.7 Å². The first kappa shape index (κ1) is 30.2. The van der Waals surface area contributed by atoms with Crippen molar-refractivity contribution in [1.29, 1.82) is 0 Å². The summed E-state index contributed by atoms with van der Waals surface area (Å²) in [5.74, 6) is -1.60. The molecule has 43 heavy (non-hydrogen) atoms. The molecule has 0 bridgehead atoms. The van der Waals surface area contributed by atoms with Crippen LogP contribution in [0.1, 0.15) is 93.7 Å². The lowest BCUT2D eigenvalue weighted by atomic mass is 9.69. The third kappa shape index (κ3) is 5.18. The SMILES string of the molecule is Cc1cc2c(cc1Cl)C1(CCN(C(=O)[C@@H]3CN(C(C)(C)C)C[C@H]3c3ccc(F)cc3F)CC1)CC2C(C)(C)c1cn[nH]n1. The zero-order valence-corrected chi connectivity index (χ0v) is 26.7. The number of nitrogens with one attached hydrogen (secondary N) is 1. The minimum absolute atomic E-state index is 0.0648. The fourth-order valence-electron chi connectivity index (χ4n) is 7.98. The zero-order valence-electron chi connectivity index (χ0n) is 26.0. The first-order chi connectivity index (χ1) is 20.2. The number of hydrogen-bond donors (Lipinski definition) is 1. The Morgan fingerprint density at radius 3 is 2.40 bits per heavy atom. The van der Waals surface area contributed by atoms with Crippen molar-refractivity contribution < 1.29 is 13.6 Å². The van der Waals surface area contributed by atoms with Crippen molar-refractivity contribution >= 4 is 17.5 Å². The Morgan fingerprint density at radius 1 is 1.05 bits per heavy atom. The number of hydrogen-bond acceptors (Lipinski definition) is 4. The summed E-state index contributed by atoms with van der Waals surface area (Å²) in [5, 5.41) is 12.1. The highest BCUT2D eigenvalue weighted by Crippen LogP contribution is 2.58. The molecule has 0 radical (unpaired) electrons. The monoisotopic (exact) mass is 609 g/mol. The molecule has 1 spiro atoms. The Hall–Kier alpha value is -2.84. The van der Waals surface area contributed by atoms with E-state index in [1.54, 1.807) is 0 Å². The minimum atomic E-state index is -0.603. The number of carbonyl (C=O) groups is 1. The fourth-order valence-corrected chi connectivity index (χ4v) is 8.14. The normalized spacial score (nSPS) is 24.1. The van der Waals surface area contributed by atoms with E-state index in [1.165, 1.54) is 23.3 Å². The predicted octanol–water partition coefficient (Wildman–Crippen LogP) is 6.88. The number of amides is 1. The molecule has 2 fully saturated rings. The van der Waals surface area contributed by atoms with Crippen LogP contribution in [0.25, 0.3) is 0 Å². The van der Waals surface area contributed by atoms with E-state index in [4.69, 9.17) is 11.6 Å². The van der Waals surface area contributed by atoms with Crippen LogP contribution in [-0.4, -0.2) is 62.8 Å². The van der Waals surface area contributed by atoms with Crippen LogP contribution >= 0.6 is 11.6 Å². The number of nitrogens with zero attached hydrogens (tertiary/aromatic N) is 4. The lowest BCUT2D eigenvalue weighted by Crippen LogP contribution is -2.48. The van der Waals surface area contributed by atoms with Crippen LogP contribution in [0, 0.1) is 24.5 Å². The highest BCUT2D eigenvalue weighted by atomic mass is 35.5. The standard InChI is InChI=1S/C34H42ClF2N5O/c1-20-13-23-26(15-28(20)35)34(16-27(23)33(5,6)30-17-38-40-39-30)9-11-41(12-10-34)31(43)25-19-42(32(2,3)4)18-24(25)22-8-7-21(36)14-29(22)37/h7-8,13-15,17,24-25,27H,9-12,16,18-19H2,1-6H3,(H,38,39,40)/t24-,25+,27?/m0/s1. The van der Waals surface area contributed by atoms with Crippen molar-refractivity contribution in [3.8, 4) is 0 Å². The first-order valence-corrected chi connectivity index (χ1v) is 15.7. The molecule has 0 saturated carbocycles. The van der Waals surface area contributed by atoms with Crippen LogP contribution in [0.3, 0.4) is 0 Å². The van der Waals surface area contributed by atoms with E-state index >= 15 is 4.39 Å². The summed E-state index contributed by atoms with van der Waals surface area (Å²) < 4.78 is 28.8. The Kier molecular flexibility index (Phi) is 7.48. The number of benzene rings is 2. The lowest BCUT2D eigenvalue weighted by Gasteiger charge is -2.42. The van der Waals surface area contributed by atoms with Crippen LogP contribution in [0.4, 0.5) is 8.78 Å². The molecule has 1 N–H and O–H groups in total. The van der Waals surface area contributed by atoms with Gasteiger partial charge in [-0.3, -0.25) is 9.69 Å². The van der Waals surface area contributed by atoms with Gasteiger partial charge < -0.3 is 4.90 Å². The van der Waals surface area contributed by atoms with Crippen molar-refractivity contribution in [3.63, 3.8) is 0 Å². The second-order valence-electron chi connectivity index (χ2n) is 14.6. The largest absolute Gasteiger partial charge is 0.342 e. The number of piperidine rings is 1. The second-order valence-corrected chi connectivity index (χ2v) is 15.0. The topological polar surface area (TPSA) is 65.1 Å². The number of aryl methyl sites for hydroxylation is 1. The van der Waals surface area contributed by atoms with E-state index < -0.39 is 11.6 Å². The molecular formula is C34H42ClF2N5O. The summed E-state index contributed by atoms with van der Waals surface area (Å²) in [6.45, 7) is 15.2. The molecule has 230 valence electrons. The van der Waals surface area contributed by atoms with Gasteiger partial charge in [0, 0.05) is 54.1 Å². The molecule has 6 rings (SSSR count). The fraction of sp³-hybridized carbons (Fsp3) is 0.559. The number of halogens is 3. The molecule has 1 aromatic heterocycles. The van der Waals surface area contributed by atoms with Crippen molar-refractivity contribution in [1.82, 2.24) is 25.2 Å². The Bertz CT molecular complexity index is 1520. The van der Waals surface area contributed by atoms with Crippen LogP contribution in [0.15, 0.2) is 36.5 Å². The first-order valence-electron chi connectivity index (χ1n) is 15.4. The summed E-state index contributed by atoms with van der Waals surface area (Å²) in [6.07, 6.45) is 4.44. The average molecular weight is 610 g/mol. The van der Waals surface area contributed by atoms with Gasteiger partial charge >= 0.3 is 0 Å². The quantitative estimate of drug-likeness (QED) is 0.350. The van der Waals surface area contributed by atoms with Crippen LogP contribution in [-0.2, 0) is 15.6 Å². The van der Waals surface area contributed by atoms with Gasteiger partial charge in [0.2, 0.25) is 5.91 Å². The number of aromatic amines is 1. The van der Waals surface area contributed by atoms with Crippen LogP contribution in [0.5, 0.6) is 0 Å². The summed E-state index contributed by atoms with van der Waals surface area (Å²) in [6, 6.07) is 8.16. The molecule has 1 aliphatic carbocycles. The molecule has 2 saturated heterocycles. The van der Waals surface area contributed by atoms with Gasteiger partial charge in [-0.1, -0.05) is 37.6 Å². The minimum Gasteiger partial charge on any atom is -0.342 e.